The van der Waals surface area contributed by atoms with Gasteiger partial charge in [0, 0.05) is 0 Å². The number of hydrogen-bond acceptors (Lipinski definition) is 1. The smallest absolute Gasteiger partial charge is 0.123 e. The summed E-state index contributed by atoms with van der Waals surface area (Å²) in [7, 11) is 0. The van der Waals surface area contributed by atoms with Crippen molar-refractivity contribution in [3.05, 3.63) is 65.0 Å². The zero-order valence-electron chi connectivity index (χ0n) is 10.3. The van der Waals surface area contributed by atoms with Gasteiger partial charge >= 0.3 is 0 Å². The summed E-state index contributed by atoms with van der Waals surface area (Å²) in [6.45, 7) is 2.65. The van der Waals surface area contributed by atoms with Gasteiger partial charge < -0.3 is 4.74 Å². The first-order chi connectivity index (χ1) is 8.74. The summed E-state index contributed by atoms with van der Waals surface area (Å²) in [5.41, 5.74) is 3.34. The van der Waals surface area contributed by atoms with Crippen molar-refractivity contribution in [1.82, 2.24) is 0 Å². The largest absolute Gasteiger partial charge is 0.489 e. The Labute approximate surface area is 106 Å². The van der Waals surface area contributed by atoms with E-state index in [1.54, 1.807) is 6.07 Å². The van der Waals surface area contributed by atoms with Crippen LogP contribution in [-0.2, 0) is 13.0 Å². The second-order valence-electron chi connectivity index (χ2n) is 4.84. The molecule has 0 aromatic heterocycles. The molecule has 1 aliphatic heterocycles. The van der Waals surface area contributed by atoms with Crippen LogP contribution in [0.15, 0.2) is 42.5 Å². The zero-order chi connectivity index (χ0) is 12.5. The Hall–Kier alpha value is -1.83. The van der Waals surface area contributed by atoms with Gasteiger partial charge in [-0.25, -0.2) is 4.39 Å². The van der Waals surface area contributed by atoms with Crippen LogP contribution in [0.3, 0.4) is 0 Å². The number of benzene rings is 2. The molecule has 0 fully saturated rings. The van der Waals surface area contributed by atoms with Gasteiger partial charge in [0.1, 0.15) is 18.2 Å². The van der Waals surface area contributed by atoms with Crippen molar-refractivity contribution in [2.75, 3.05) is 0 Å². The minimum absolute atomic E-state index is 0.172. The molecule has 0 amide bonds. The fraction of sp³-hybridized carbons (Fsp3) is 0.250. The Morgan fingerprint density at radius 1 is 1.11 bits per heavy atom. The third-order valence-corrected chi connectivity index (χ3v) is 3.52. The van der Waals surface area contributed by atoms with Gasteiger partial charge in [-0.1, -0.05) is 31.2 Å². The molecule has 0 saturated carbocycles. The molecule has 1 unspecified atom stereocenters. The second kappa shape index (κ2) is 4.45. The van der Waals surface area contributed by atoms with Gasteiger partial charge in [0.25, 0.3) is 0 Å². The van der Waals surface area contributed by atoms with Crippen molar-refractivity contribution in [3.63, 3.8) is 0 Å². The lowest BCUT2D eigenvalue weighted by Gasteiger charge is -2.22. The number of hydrogen-bond donors (Lipinski definition) is 0. The summed E-state index contributed by atoms with van der Waals surface area (Å²) >= 11 is 0. The number of halogens is 1. The van der Waals surface area contributed by atoms with Crippen molar-refractivity contribution in [1.29, 1.82) is 0 Å². The maximum Gasteiger partial charge on any atom is 0.123 e. The molecule has 92 valence electrons. The van der Waals surface area contributed by atoms with Crippen LogP contribution in [0.1, 0.15) is 29.5 Å². The van der Waals surface area contributed by atoms with Gasteiger partial charge in [-0.2, -0.15) is 0 Å². The highest BCUT2D eigenvalue weighted by atomic mass is 19.1. The summed E-state index contributed by atoms with van der Waals surface area (Å²) in [6, 6.07) is 13.0. The Bertz CT molecular complexity index is 577. The van der Waals surface area contributed by atoms with E-state index < -0.39 is 0 Å². The predicted octanol–water partition coefficient (Wildman–Crippen LogP) is 4.06. The Balaban J connectivity index is 2.04. The summed E-state index contributed by atoms with van der Waals surface area (Å²) in [5.74, 6) is 1.08. The third-order valence-electron chi connectivity index (χ3n) is 3.52. The highest BCUT2D eigenvalue weighted by Gasteiger charge is 2.18. The lowest BCUT2D eigenvalue weighted by molar-refractivity contribution is 0.296. The molecule has 1 heterocycles. The van der Waals surface area contributed by atoms with E-state index in [2.05, 4.69) is 13.0 Å². The third kappa shape index (κ3) is 1.99. The van der Waals surface area contributed by atoms with E-state index in [1.165, 1.54) is 11.6 Å². The van der Waals surface area contributed by atoms with Crippen molar-refractivity contribution in [2.45, 2.75) is 25.9 Å². The van der Waals surface area contributed by atoms with Gasteiger partial charge in [-0.15, -0.1) is 0 Å². The summed E-state index contributed by atoms with van der Waals surface area (Å²) in [4.78, 5) is 0. The molecule has 1 atom stereocenters. The molecule has 2 aromatic rings. The van der Waals surface area contributed by atoms with E-state index in [0.29, 0.717) is 12.5 Å². The maximum atomic E-state index is 13.4. The van der Waals surface area contributed by atoms with E-state index in [0.717, 1.165) is 23.3 Å². The van der Waals surface area contributed by atoms with Crippen molar-refractivity contribution >= 4 is 0 Å². The van der Waals surface area contributed by atoms with Gasteiger partial charge in [-0.3, -0.25) is 0 Å². The number of fused-ring (bicyclic) bond motifs is 2. The normalized spacial score (nSPS) is 18.0. The number of para-hydroxylation sites is 1. The first-order valence-corrected chi connectivity index (χ1v) is 6.23. The number of rotatable bonds is 0. The van der Waals surface area contributed by atoms with Crippen LogP contribution in [0.25, 0.3) is 0 Å². The zero-order valence-corrected chi connectivity index (χ0v) is 10.3. The van der Waals surface area contributed by atoms with Gasteiger partial charge in [-0.05, 0) is 47.2 Å². The van der Waals surface area contributed by atoms with Crippen LogP contribution in [0.2, 0.25) is 0 Å². The molecule has 3 rings (SSSR count). The van der Waals surface area contributed by atoms with Crippen LogP contribution >= 0.6 is 0 Å². The maximum absolute atomic E-state index is 13.4. The summed E-state index contributed by atoms with van der Waals surface area (Å²) in [6.07, 6.45) is 0.882. The molecule has 18 heavy (non-hydrogen) atoms. The highest BCUT2D eigenvalue weighted by Crippen LogP contribution is 2.32. The molecule has 0 N–H and O–H groups in total. The number of ether oxygens (including phenoxy) is 1. The molecule has 2 heteroatoms. The van der Waals surface area contributed by atoms with Crippen LogP contribution < -0.4 is 4.74 Å². The standard InChI is InChI=1S/C16H15FO/c1-11-8-12-4-2-3-5-16(12)18-10-13-6-7-14(17)9-15(11)13/h2-7,9,11H,8,10H2,1H3. The topological polar surface area (TPSA) is 9.23 Å². The molecular formula is C16H15FO. The van der Waals surface area contributed by atoms with Crippen LogP contribution in [-0.4, -0.2) is 0 Å². The van der Waals surface area contributed by atoms with Crippen molar-refractivity contribution in [3.8, 4) is 5.75 Å². The van der Waals surface area contributed by atoms with Gasteiger partial charge in [0.05, 0.1) is 0 Å². The molecule has 0 radical (unpaired) electrons. The van der Waals surface area contributed by atoms with E-state index in [1.807, 2.05) is 24.3 Å². The molecule has 0 bridgehead atoms. The fourth-order valence-corrected chi connectivity index (χ4v) is 2.56. The molecule has 0 aliphatic carbocycles. The fourth-order valence-electron chi connectivity index (χ4n) is 2.56. The van der Waals surface area contributed by atoms with Gasteiger partial charge in [0.15, 0.2) is 0 Å². The molecule has 1 nitrogen and oxygen atoms in total. The van der Waals surface area contributed by atoms with Crippen LogP contribution in [0.4, 0.5) is 4.39 Å². The van der Waals surface area contributed by atoms with Crippen molar-refractivity contribution < 1.29 is 9.13 Å². The second-order valence-corrected chi connectivity index (χ2v) is 4.84. The van der Waals surface area contributed by atoms with Crippen molar-refractivity contribution in [2.24, 2.45) is 0 Å². The lowest BCUT2D eigenvalue weighted by atomic mass is 9.89. The van der Waals surface area contributed by atoms with Crippen LogP contribution in [0, 0.1) is 5.82 Å². The predicted molar refractivity (Wildman–Crippen MR) is 69.3 cm³/mol. The lowest BCUT2D eigenvalue weighted by Crippen LogP contribution is -2.11. The molecular weight excluding hydrogens is 227 g/mol. The SMILES string of the molecule is CC1Cc2ccccc2OCc2ccc(F)cc21. The first kappa shape index (κ1) is 11.3. The van der Waals surface area contributed by atoms with E-state index >= 15 is 0 Å². The quantitative estimate of drug-likeness (QED) is 0.676. The average Bonchev–Trinajstić information content (AvgIpc) is 2.37. The minimum Gasteiger partial charge on any atom is -0.489 e. The molecule has 1 aliphatic rings. The molecule has 2 aromatic carbocycles. The minimum atomic E-state index is -0.172. The Morgan fingerprint density at radius 2 is 1.94 bits per heavy atom. The monoisotopic (exact) mass is 242 g/mol. The van der Waals surface area contributed by atoms with Gasteiger partial charge in [0.2, 0.25) is 0 Å². The summed E-state index contributed by atoms with van der Waals surface area (Å²) in [5, 5.41) is 0. The molecule has 0 saturated heterocycles. The Kier molecular flexibility index (Phi) is 2.78. The first-order valence-electron chi connectivity index (χ1n) is 6.23. The van der Waals surface area contributed by atoms with E-state index in [4.69, 9.17) is 4.74 Å². The Morgan fingerprint density at radius 3 is 2.83 bits per heavy atom. The van der Waals surface area contributed by atoms with Crippen LogP contribution in [0.5, 0.6) is 5.75 Å². The highest BCUT2D eigenvalue weighted by molar-refractivity contribution is 5.39. The summed E-state index contributed by atoms with van der Waals surface area (Å²) < 4.78 is 19.2. The van der Waals surface area contributed by atoms with E-state index in [9.17, 15) is 4.39 Å². The average molecular weight is 242 g/mol. The molecule has 0 spiro atoms. The van der Waals surface area contributed by atoms with E-state index in [-0.39, 0.29) is 5.82 Å².